The fourth-order valence-electron chi connectivity index (χ4n) is 4.23. The van der Waals surface area contributed by atoms with Gasteiger partial charge in [-0.15, -0.1) is 0 Å². The molecule has 0 saturated carbocycles. The standard InChI is InChI=1S/C27H24F2N6/c28-20-3-4-25(29)24(11-20)26-12-23(22-2-1-7-33-27(22)35-26)18-10-17(14-32-15-18)19(13-30)16-34-21-5-8-31-9-6-21/h1-4,7,10-16,21,31H,5-6,8-9,30H2. The van der Waals surface area contributed by atoms with Gasteiger partial charge in [-0.1, -0.05) is 0 Å². The van der Waals surface area contributed by atoms with Crippen molar-refractivity contribution in [3.05, 3.63) is 84.5 Å². The van der Waals surface area contributed by atoms with Crippen LogP contribution in [-0.2, 0) is 0 Å². The van der Waals surface area contributed by atoms with Crippen molar-refractivity contribution in [2.75, 3.05) is 13.1 Å². The summed E-state index contributed by atoms with van der Waals surface area (Å²) in [6.07, 6.45) is 10.4. The molecule has 3 N–H and O–H groups in total. The Kier molecular flexibility index (Phi) is 6.54. The zero-order valence-corrected chi connectivity index (χ0v) is 19.0. The third-order valence-electron chi connectivity index (χ3n) is 6.08. The van der Waals surface area contributed by atoms with E-state index in [9.17, 15) is 8.78 Å². The number of fused-ring (bicyclic) bond motifs is 1. The second-order valence-electron chi connectivity index (χ2n) is 8.40. The highest BCUT2D eigenvalue weighted by molar-refractivity contribution is 6.10. The summed E-state index contributed by atoms with van der Waals surface area (Å²) in [5, 5.41) is 4.11. The zero-order valence-electron chi connectivity index (χ0n) is 19.0. The lowest BCUT2D eigenvalue weighted by Crippen LogP contribution is -2.29. The van der Waals surface area contributed by atoms with Gasteiger partial charge in [0, 0.05) is 58.7 Å². The summed E-state index contributed by atoms with van der Waals surface area (Å²) in [4.78, 5) is 18.0. The van der Waals surface area contributed by atoms with Gasteiger partial charge in [0.25, 0.3) is 0 Å². The van der Waals surface area contributed by atoms with Crippen LogP contribution in [0.5, 0.6) is 0 Å². The van der Waals surface area contributed by atoms with E-state index >= 15 is 0 Å². The van der Waals surface area contributed by atoms with E-state index in [4.69, 9.17) is 10.7 Å². The minimum absolute atomic E-state index is 0.0690. The molecule has 0 bridgehead atoms. The fourth-order valence-corrected chi connectivity index (χ4v) is 4.23. The molecular formula is C27H24F2N6. The number of aromatic nitrogens is 3. The molecule has 4 heterocycles. The van der Waals surface area contributed by atoms with E-state index < -0.39 is 11.6 Å². The number of aliphatic imine (C=N–C) groups is 1. The number of nitrogens with zero attached hydrogens (tertiary/aromatic N) is 4. The van der Waals surface area contributed by atoms with Crippen LogP contribution in [0.2, 0.25) is 0 Å². The summed E-state index contributed by atoms with van der Waals surface area (Å²) in [6, 6.07) is 11.0. The molecule has 4 aromatic rings. The van der Waals surface area contributed by atoms with E-state index in [0.29, 0.717) is 5.65 Å². The van der Waals surface area contributed by atoms with Gasteiger partial charge in [0.15, 0.2) is 5.65 Å². The smallest absolute Gasteiger partial charge is 0.160 e. The number of nitrogens with one attached hydrogen (secondary N) is 1. The van der Waals surface area contributed by atoms with Gasteiger partial charge in [-0.3, -0.25) is 9.98 Å². The van der Waals surface area contributed by atoms with Crippen molar-refractivity contribution in [1.82, 2.24) is 20.3 Å². The normalized spacial score (nSPS) is 15.2. The summed E-state index contributed by atoms with van der Waals surface area (Å²) in [5.41, 5.74) is 9.81. The predicted octanol–water partition coefficient (Wildman–Crippen LogP) is 4.76. The van der Waals surface area contributed by atoms with Crippen LogP contribution in [0.25, 0.3) is 39.0 Å². The number of piperidine rings is 1. The van der Waals surface area contributed by atoms with Crippen molar-refractivity contribution in [3.63, 3.8) is 0 Å². The summed E-state index contributed by atoms with van der Waals surface area (Å²) in [5.74, 6) is -1.10. The van der Waals surface area contributed by atoms with Crippen LogP contribution in [-0.4, -0.2) is 40.3 Å². The molecule has 0 unspecified atom stereocenters. The van der Waals surface area contributed by atoms with Gasteiger partial charge in [0.2, 0.25) is 0 Å². The van der Waals surface area contributed by atoms with Crippen molar-refractivity contribution >= 4 is 22.8 Å². The van der Waals surface area contributed by atoms with Gasteiger partial charge in [-0.2, -0.15) is 0 Å². The first-order valence-corrected chi connectivity index (χ1v) is 11.4. The van der Waals surface area contributed by atoms with Crippen LogP contribution >= 0.6 is 0 Å². The zero-order chi connectivity index (χ0) is 24.2. The number of benzene rings is 1. The summed E-state index contributed by atoms with van der Waals surface area (Å²) >= 11 is 0. The van der Waals surface area contributed by atoms with Gasteiger partial charge in [-0.05, 0) is 74.0 Å². The van der Waals surface area contributed by atoms with E-state index in [1.165, 1.54) is 6.20 Å². The Bertz CT molecular complexity index is 1430. The van der Waals surface area contributed by atoms with Gasteiger partial charge >= 0.3 is 0 Å². The fraction of sp³-hybridized carbons (Fsp3) is 0.185. The highest BCUT2D eigenvalue weighted by atomic mass is 19.1. The molecule has 1 aliphatic heterocycles. The number of nitrogens with two attached hydrogens (primary N) is 1. The molecule has 176 valence electrons. The molecule has 8 heteroatoms. The maximum absolute atomic E-state index is 14.6. The quantitative estimate of drug-likeness (QED) is 0.411. The van der Waals surface area contributed by atoms with Crippen molar-refractivity contribution in [2.45, 2.75) is 18.9 Å². The molecule has 0 spiro atoms. The Hall–Kier alpha value is -4.04. The van der Waals surface area contributed by atoms with Crippen molar-refractivity contribution in [2.24, 2.45) is 10.7 Å². The Morgan fingerprint density at radius 1 is 1.06 bits per heavy atom. The van der Waals surface area contributed by atoms with Gasteiger partial charge < -0.3 is 11.1 Å². The molecule has 1 aliphatic rings. The van der Waals surface area contributed by atoms with Crippen LogP contribution in [0.3, 0.4) is 0 Å². The molecule has 0 atom stereocenters. The number of halogens is 2. The second kappa shape index (κ2) is 10.1. The third-order valence-corrected chi connectivity index (χ3v) is 6.08. The monoisotopic (exact) mass is 470 g/mol. The first kappa shape index (κ1) is 22.7. The molecule has 5 rings (SSSR count). The molecular weight excluding hydrogens is 446 g/mol. The number of pyridine rings is 3. The minimum Gasteiger partial charge on any atom is -0.404 e. The van der Waals surface area contributed by atoms with Crippen molar-refractivity contribution in [1.29, 1.82) is 0 Å². The molecule has 0 aliphatic carbocycles. The van der Waals surface area contributed by atoms with Crippen LogP contribution in [0.1, 0.15) is 18.4 Å². The highest BCUT2D eigenvalue weighted by Gasteiger charge is 2.15. The van der Waals surface area contributed by atoms with E-state index in [1.807, 2.05) is 18.2 Å². The first-order valence-electron chi connectivity index (χ1n) is 11.4. The van der Waals surface area contributed by atoms with Crippen LogP contribution in [0.4, 0.5) is 8.78 Å². The molecule has 3 aromatic heterocycles. The van der Waals surface area contributed by atoms with Gasteiger partial charge in [0.1, 0.15) is 11.6 Å². The topological polar surface area (TPSA) is 89.1 Å². The SMILES string of the molecule is NC=C(C=NC1CCNCC1)c1cncc(-c2cc(-c3cc(F)ccc3F)nc3ncccc23)c1. The van der Waals surface area contributed by atoms with Crippen LogP contribution < -0.4 is 11.1 Å². The van der Waals surface area contributed by atoms with E-state index in [-0.39, 0.29) is 17.3 Å². The Morgan fingerprint density at radius 3 is 2.74 bits per heavy atom. The largest absolute Gasteiger partial charge is 0.404 e. The molecule has 0 amide bonds. The van der Waals surface area contributed by atoms with Gasteiger partial charge in [0.05, 0.1) is 11.7 Å². The van der Waals surface area contributed by atoms with Crippen molar-refractivity contribution in [3.8, 4) is 22.4 Å². The van der Waals surface area contributed by atoms with Crippen LogP contribution in [0.15, 0.2) is 72.2 Å². The Labute approximate surface area is 201 Å². The van der Waals surface area contributed by atoms with E-state index in [0.717, 1.165) is 71.8 Å². The van der Waals surface area contributed by atoms with E-state index in [1.54, 1.807) is 30.9 Å². The lowest BCUT2D eigenvalue weighted by molar-refractivity contribution is 0.461. The molecule has 0 radical (unpaired) electrons. The summed E-state index contributed by atoms with van der Waals surface area (Å²) in [6.45, 7) is 1.91. The number of allylic oxidation sites excluding steroid dienone is 1. The average molecular weight is 471 g/mol. The van der Waals surface area contributed by atoms with E-state index in [2.05, 4.69) is 20.3 Å². The molecule has 1 aromatic carbocycles. The Balaban J connectivity index is 1.58. The average Bonchev–Trinajstić information content (AvgIpc) is 2.90. The van der Waals surface area contributed by atoms with Crippen LogP contribution in [0, 0.1) is 11.6 Å². The maximum Gasteiger partial charge on any atom is 0.160 e. The van der Waals surface area contributed by atoms with Gasteiger partial charge in [-0.25, -0.2) is 18.7 Å². The lowest BCUT2D eigenvalue weighted by Gasteiger charge is -2.18. The lowest BCUT2D eigenvalue weighted by atomic mass is 9.98. The molecule has 35 heavy (non-hydrogen) atoms. The Morgan fingerprint density at radius 2 is 1.91 bits per heavy atom. The second-order valence-corrected chi connectivity index (χ2v) is 8.40. The summed E-state index contributed by atoms with van der Waals surface area (Å²) < 4.78 is 28.5. The minimum atomic E-state index is -0.561. The number of hydrogen-bond donors (Lipinski definition) is 2. The summed E-state index contributed by atoms with van der Waals surface area (Å²) in [7, 11) is 0. The first-order chi connectivity index (χ1) is 17.1. The third kappa shape index (κ3) is 4.93. The maximum atomic E-state index is 14.6. The molecule has 1 fully saturated rings. The number of hydrogen-bond acceptors (Lipinski definition) is 6. The molecule has 6 nitrogen and oxygen atoms in total. The van der Waals surface area contributed by atoms with Crippen molar-refractivity contribution < 1.29 is 8.78 Å². The highest BCUT2D eigenvalue weighted by Crippen LogP contribution is 2.33. The molecule has 1 saturated heterocycles. The predicted molar refractivity (Wildman–Crippen MR) is 135 cm³/mol. The number of rotatable bonds is 5.